The van der Waals surface area contributed by atoms with Crippen LogP contribution in [-0.2, 0) is 4.79 Å². The van der Waals surface area contributed by atoms with Crippen molar-refractivity contribution < 1.29 is 9.90 Å². The van der Waals surface area contributed by atoms with Crippen LogP contribution in [0.25, 0.3) is 0 Å². The zero-order valence-electron chi connectivity index (χ0n) is 10.9. The van der Waals surface area contributed by atoms with Gasteiger partial charge in [0.15, 0.2) is 0 Å². The normalized spacial score (nSPS) is 30.4. The summed E-state index contributed by atoms with van der Waals surface area (Å²) in [6.07, 6.45) is 4.63. The Hall–Kier alpha value is -0.260. The maximum Gasteiger partial charge on any atom is 0.237 e. The minimum atomic E-state index is 0.0555. The van der Waals surface area contributed by atoms with Crippen molar-refractivity contribution in [2.24, 2.45) is 11.8 Å². The molecule has 1 amide bonds. The monoisotopic (exact) mass is 272 g/mol. The predicted octanol–water partition coefficient (Wildman–Crippen LogP) is 0.606. The van der Waals surface area contributed by atoms with E-state index < -0.39 is 0 Å². The third-order valence-corrected chi connectivity index (χ3v) is 5.09. The first-order chi connectivity index (χ1) is 8.83. The van der Waals surface area contributed by atoms with Crippen molar-refractivity contribution in [2.45, 2.75) is 31.7 Å². The maximum absolute atomic E-state index is 12.1. The van der Waals surface area contributed by atoms with Gasteiger partial charge in [-0.2, -0.15) is 11.8 Å². The smallest absolute Gasteiger partial charge is 0.237 e. The highest BCUT2D eigenvalue weighted by Crippen LogP contribution is 2.37. The second kappa shape index (κ2) is 7.36. The Morgan fingerprint density at radius 2 is 2.28 bits per heavy atom. The molecule has 1 heterocycles. The second-order valence-corrected chi connectivity index (χ2v) is 6.45. The number of fused-ring (bicyclic) bond motifs is 1. The number of hydrogen-bond acceptors (Lipinski definition) is 4. The third kappa shape index (κ3) is 3.62. The predicted molar refractivity (Wildman–Crippen MR) is 74.7 cm³/mol. The SMILES string of the molecule is O=C(NCCSCCCO)C1NCC2CCCC21. The minimum absolute atomic E-state index is 0.0555. The van der Waals surface area contributed by atoms with Gasteiger partial charge in [0.2, 0.25) is 5.91 Å². The van der Waals surface area contributed by atoms with E-state index >= 15 is 0 Å². The standard InChI is InChI=1S/C13H24N2O2S/c16-6-2-7-18-8-5-14-13(17)12-11-4-1-3-10(11)9-15-12/h10-12,15-16H,1-9H2,(H,14,17). The van der Waals surface area contributed by atoms with Crippen LogP contribution < -0.4 is 10.6 Å². The fourth-order valence-electron chi connectivity index (χ4n) is 3.10. The summed E-state index contributed by atoms with van der Waals surface area (Å²) in [4.78, 5) is 12.1. The average molecular weight is 272 g/mol. The Bertz CT molecular complexity index is 276. The number of nitrogens with one attached hydrogen (secondary N) is 2. The van der Waals surface area contributed by atoms with Crippen molar-refractivity contribution in [2.75, 3.05) is 31.2 Å². The highest BCUT2D eigenvalue weighted by Gasteiger charge is 2.42. The van der Waals surface area contributed by atoms with Crippen molar-refractivity contribution in [3.05, 3.63) is 0 Å². The molecule has 1 saturated carbocycles. The summed E-state index contributed by atoms with van der Waals surface area (Å²) in [7, 11) is 0. The van der Waals surface area contributed by atoms with Crippen molar-refractivity contribution in [1.82, 2.24) is 10.6 Å². The molecule has 2 aliphatic rings. The summed E-state index contributed by atoms with van der Waals surface area (Å²) in [5.74, 6) is 3.41. The summed E-state index contributed by atoms with van der Waals surface area (Å²) < 4.78 is 0. The first kappa shape index (κ1) is 14.2. The molecule has 4 nitrogen and oxygen atoms in total. The van der Waals surface area contributed by atoms with E-state index in [4.69, 9.17) is 5.11 Å². The number of aliphatic hydroxyl groups is 1. The number of carbonyl (C=O) groups excluding carboxylic acids is 1. The van der Waals surface area contributed by atoms with Gasteiger partial charge in [-0.25, -0.2) is 0 Å². The molecule has 1 aliphatic carbocycles. The molecule has 0 aromatic heterocycles. The Morgan fingerprint density at radius 3 is 3.11 bits per heavy atom. The van der Waals surface area contributed by atoms with E-state index in [0.717, 1.165) is 36.9 Å². The summed E-state index contributed by atoms with van der Waals surface area (Å²) in [6, 6.07) is 0.0555. The van der Waals surface area contributed by atoms with Gasteiger partial charge in [-0.15, -0.1) is 0 Å². The highest BCUT2D eigenvalue weighted by atomic mass is 32.2. The molecule has 2 fully saturated rings. The third-order valence-electron chi connectivity index (χ3n) is 4.02. The van der Waals surface area contributed by atoms with Crippen LogP contribution in [0.4, 0.5) is 0 Å². The van der Waals surface area contributed by atoms with Gasteiger partial charge in [-0.1, -0.05) is 6.42 Å². The van der Waals surface area contributed by atoms with Gasteiger partial charge >= 0.3 is 0 Å². The van der Waals surface area contributed by atoms with E-state index in [1.807, 2.05) is 0 Å². The molecule has 0 spiro atoms. The topological polar surface area (TPSA) is 61.4 Å². The van der Waals surface area contributed by atoms with Gasteiger partial charge in [0.05, 0.1) is 6.04 Å². The van der Waals surface area contributed by atoms with Gasteiger partial charge in [0.1, 0.15) is 0 Å². The molecule has 3 atom stereocenters. The van der Waals surface area contributed by atoms with Gasteiger partial charge in [0, 0.05) is 18.9 Å². The van der Waals surface area contributed by atoms with E-state index in [2.05, 4.69) is 10.6 Å². The van der Waals surface area contributed by atoms with Crippen molar-refractivity contribution in [3.63, 3.8) is 0 Å². The van der Waals surface area contributed by atoms with Gasteiger partial charge in [-0.05, 0) is 43.4 Å². The first-order valence-electron chi connectivity index (χ1n) is 7.02. The number of thioether (sulfide) groups is 1. The fraction of sp³-hybridized carbons (Fsp3) is 0.923. The number of carbonyl (C=O) groups is 1. The molecule has 3 N–H and O–H groups in total. The molecular weight excluding hydrogens is 248 g/mol. The summed E-state index contributed by atoms with van der Waals surface area (Å²) in [5.41, 5.74) is 0. The van der Waals surface area contributed by atoms with E-state index in [1.54, 1.807) is 11.8 Å². The second-order valence-electron chi connectivity index (χ2n) is 5.22. The number of aliphatic hydroxyl groups excluding tert-OH is 1. The van der Waals surface area contributed by atoms with Crippen LogP contribution in [0.2, 0.25) is 0 Å². The Labute approximate surface area is 113 Å². The molecular formula is C13H24N2O2S. The van der Waals surface area contributed by atoms with Gasteiger partial charge < -0.3 is 15.7 Å². The quantitative estimate of drug-likeness (QED) is 0.594. The minimum Gasteiger partial charge on any atom is -0.396 e. The van der Waals surface area contributed by atoms with Gasteiger partial charge in [0.25, 0.3) is 0 Å². The lowest BCUT2D eigenvalue weighted by Gasteiger charge is -2.17. The molecule has 0 bridgehead atoms. The molecule has 18 heavy (non-hydrogen) atoms. The molecule has 2 rings (SSSR count). The lowest BCUT2D eigenvalue weighted by molar-refractivity contribution is -0.123. The molecule has 3 unspecified atom stereocenters. The van der Waals surface area contributed by atoms with Crippen LogP contribution in [0.1, 0.15) is 25.7 Å². The van der Waals surface area contributed by atoms with Crippen molar-refractivity contribution >= 4 is 17.7 Å². The Balaban J connectivity index is 1.60. The zero-order chi connectivity index (χ0) is 12.8. The zero-order valence-corrected chi connectivity index (χ0v) is 11.7. The van der Waals surface area contributed by atoms with Crippen LogP contribution in [0, 0.1) is 11.8 Å². The number of rotatable bonds is 7. The average Bonchev–Trinajstić information content (AvgIpc) is 2.95. The Kier molecular flexibility index (Phi) is 5.79. The van der Waals surface area contributed by atoms with E-state index in [9.17, 15) is 4.79 Å². The van der Waals surface area contributed by atoms with Crippen molar-refractivity contribution in [3.8, 4) is 0 Å². The largest absolute Gasteiger partial charge is 0.396 e. The van der Waals surface area contributed by atoms with Crippen LogP contribution in [0.5, 0.6) is 0 Å². The molecule has 1 saturated heterocycles. The molecule has 104 valence electrons. The van der Waals surface area contributed by atoms with Crippen LogP contribution in [-0.4, -0.2) is 48.3 Å². The van der Waals surface area contributed by atoms with Crippen LogP contribution in [0.3, 0.4) is 0 Å². The first-order valence-corrected chi connectivity index (χ1v) is 8.18. The summed E-state index contributed by atoms with van der Waals surface area (Å²) in [5, 5.41) is 15.0. The molecule has 0 aromatic rings. The number of hydrogen-bond donors (Lipinski definition) is 3. The molecule has 5 heteroatoms. The molecule has 0 aromatic carbocycles. The van der Waals surface area contributed by atoms with Crippen molar-refractivity contribution in [1.29, 1.82) is 0 Å². The Morgan fingerprint density at radius 1 is 1.39 bits per heavy atom. The van der Waals surface area contributed by atoms with Gasteiger partial charge in [-0.3, -0.25) is 4.79 Å². The van der Waals surface area contributed by atoms with E-state index in [1.165, 1.54) is 19.3 Å². The lowest BCUT2D eigenvalue weighted by Crippen LogP contribution is -2.44. The lowest BCUT2D eigenvalue weighted by atomic mass is 9.94. The van der Waals surface area contributed by atoms with Crippen LogP contribution in [0.15, 0.2) is 0 Å². The van der Waals surface area contributed by atoms with Crippen LogP contribution >= 0.6 is 11.8 Å². The van der Waals surface area contributed by atoms with E-state index in [0.29, 0.717) is 5.92 Å². The molecule has 1 aliphatic heterocycles. The fourth-order valence-corrected chi connectivity index (χ4v) is 3.88. The maximum atomic E-state index is 12.1. The summed E-state index contributed by atoms with van der Waals surface area (Å²) >= 11 is 1.79. The number of amides is 1. The highest BCUT2D eigenvalue weighted by molar-refractivity contribution is 7.99. The molecule has 0 radical (unpaired) electrons. The van der Waals surface area contributed by atoms with E-state index in [-0.39, 0.29) is 18.6 Å². The summed E-state index contributed by atoms with van der Waals surface area (Å²) in [6.45, 7) is 2.02.